The molecule has 9 heteroatoms. The van der Waals surface area contributed by atoms with Crippen LogP contribution in [0.1, 0.15) is 33.7 Å². The van der Waals surface area contributed by atoms with Gasteiger partial charge < -0.3 is 26.5 Å². The molecule has 0 unspecified atom stereocenters. The van der Waals surface area contributed by atoms with Crippen molar-refractivity contribution in [1.29, 1.82) is 0 Å². The summed E-state index contributed by atoms with van der Waals surface area (Å²) < 4.78 is 3.43. The monoisotopic (exact) mass is 1490 g/mol. The van der Waals surface area contributed by atoms with Gasteiger partial charge in [-0.05, 0) is 19.9 Å². The molecule has 0 fully saturated rings. The Morgan fingerprint density at radius 1 is 1.10 bits per heavy atom. The van der Waals surface area contributed by atoms with Crippen molar-refractivity contribution in [1.82, 2.24) is 9.55 Å². The Hall–Kier alpha value is -0.311. The van der Waals surface area contributed by atoms with E-state index in [0.717, 1.165) is 5.52 Å². The van der Waals surface area contributed by atoms with Crippen LogP contribution in [0.4, 0.5) is 0 Å². The number of fused-ring (bicyclic) bond motifs is 1. The molecule has 0 bridgehead atoms. The molecule has 0 atom stereocenters. The summed E-state index contributed by atoms with van der Waals surface area (Å²) in [5.74, 6) is 0. The summed E-state index contributed by atoms with van der Waals surface area (Å²) >= 11 is 1.68. The summed E-state index contributed by atoms with van der Waals surface area (Å²) in [5, 5.41) is 0. The summed E-state index contributed by atoms with van der Waals surface area (Å²) in [5.41, 5.74) is 2.98. The van der Waals surface area contributed by atoms with Crippen LogP contribution >= 0.6 is 11.3 Å². The molecule has 2 aromatic heterocycles. The van der Waals surface area contributed by atoms with E-state index < -0.39 is 0 Å². The van der Waals surface area contributed by atoms with Crippen LogP contribution in [0.2, 0.25) is 0 Å². The van der Waals surface area contributed by atoms with Gasteiger partial charge in [-0.1, -0.05) is 13.8 Å². The zero-order valence-electron chi connectivity index (χ0n) is 12.1. The minimum absolute atomic E-state index is 0. The molecule has 0 aromatic carbocycles. The van der Waals surface area contributed by atoms with E-state index in [1.807, 2.05) is 19.4 Å². The molecular formula is C11H17N2Re4Rf2S-3. The third-order valence-electron chi connectivity index (χ3n) is 1.89. The molecule has 0 N–H and O–H groups in total. The van der Waals surface area contributed by atoms with E-state index in [1.54, 1.807) is 11.3 Å². The molecule has 0 aliphatic heterocycles. The Kier molecular flexibility index (Phi) is 34.3. The predicted octanol–water partition coefficient (Wildman–Crippen LogP) is 3.98. The third-order valence-corrected chi connectivity index (χ3v) is 2.70. The standard InChI is InChI=1S/C9H11N2S.C2H6.4Re.2Rf/c1-7(2)11-4-3-9-8(5-11)10-6-12-9;1-2;;;;;;/h3-7H,1-2H3;1-2H3;;;;;;/q-3;;;;;;;. The summed E-state index contributed by atoms with van der Waals surface area (Å²) in [4.78, 5) is 4.26. The Morgan fingerprint density at radius 2 is 1.60 bits per heavy atom. The second-order valence-corrected chi connectivity index (χ2v) is 3.97. The number of hydrogen-bond acceptors (Lipinski definition) is 2. The molecule has 112 valence electrons. The van der Waals surface area contributed by atoms with Gasteiger partial charge in [0.1, 0.15) is 0 Å². The Labute approximate surface area is 168 Å². The first kappa shape index (κ1) is 36.7. The first-order valence-corrected chi connectivity index (χ1v) is 5.89. The van der Waals surface area contributed by atoms with E-state index in [1.165, 1.54) is 4.70 Å². The van der Waals surface area contributed by atoms with Crippen LogP contribution in [0.25, 0.3) is 10.2 Å². The molecule has 2 nitrogen and oxygen atoms in total. The van der Waals surface area contributed by atoms with Crippen molar-refractivity contribution in [3.05, 3.63) is 24.0 Å². The number of hydrogen-bond donors (Lipinski definition) is 0. The Balaban J connectivity index is -0.0000000588. The molecule has 0 saturated heterocycles. The minimum Gasteiger partial charge on any atom is -0.589 e. The van der Waals surface area contributed by atoms with Crippen LogP contribution in [-0.2, 0) is 81.7 Å². The van der Waals surface area contributed by atoms with E-state index in [9.17, 15) is 0 Å². The summed E-state index contributed by atoms with van der Waals surface area (Å²) in [7, 11) is 0. The van der Waals surface area contributed by atoms with Gasteiger partial charge in [-0.3, -0.25) is 23.1 Å². The average Bonchev–Trinajstić information content (AvgIpc) is 2.67. The molecule has 0 aliphatic rings. The molecule has 2 aromatic rings. The molecular weight excluding hydrogens is 1470 g/mol. The second-order valence-electron chi connectivity index (χ2n) is 3.09. The van der Waals surface area contributed by atoms with Crippen molar-refractivity contribution >= 4 is 21.6 Å². The Morgan fingerprint density at radius 3 is 2.05 bits per heavy atom. The van der Waals surface area contributed by atoms with E-state index in [2.05, 4.69) is 41.9 Å². The minimum atomic E-state index is 0. The van der Waals surface area contributed by atoms with Crippen LogP contribution in [0, 0.1) is 0 Å². The smallest absolute Gasteiger partial charge is 0.0299 e. The summed E-state index contributed by atoms with van der Waals surface area (Å²) in [6, 6.07) is 2.63. The van der Waals surface area contributed by atoms with Crippen molar-refractivity contribution < 1.29 is 81.7 Å². The van der Waals surface area contributed by atoms with E-state index >= 15 is 0 Å². The second kappa shape index (κ2) is 18.7. The maximum Gasteiger partial charge on any atom is 0.0299 e. The van der Waals surface area contributed by atoms with Crippen LogP contribution < -0.4 is 0 Å². The molecule has 2 heterocycles. The summed E-state index contributed by atoms with van der Waals surface area (Å²) in [6.45, 7) is 8.33. The fourth-order valence-electron chi connectivity index (χ4n) is 1.14. The van der Waals surface area contributed by atoms with Crippen molar-refractivity contribution in [3.8, 4) is 0 Å². The molecule has 4 radical (unpaired) electrons. The SMILES string of the molecule is CC.CC(C)n1[cH-][cH-]c2scnc2[cH-]1.[Re].[Re].[Re].[Re].[Rf].[Rf]. The predicted molar refractivity (Wildman–Crippen MR) is 63.8 cm³/mol. The van der Waals surface area contributed by atoms with Crippen LogP contribution in [0.3, 0.4) is 0 Å². The van der Waals surface area contributed by atoms with Gasteiger partial charge in [-0.15, -0.1) is 0 Å². The van der Waals surface area contributed by atoms with Gasteiger partial charge in [0.2, 0.25) is 0 Å². The molecule has 0 aliphatic carbocycles. The van der Waals surface area contributed by atoms with Gasteiger partial charge in [0, 0.05) is 87.2 Å². The fraction of sp³-hybridized carbons (Fsp3) is 0.455. The van der Waals surface area contributed by atoms with E-state index in [-0.39, 0.29) is 81.7 Å². The van der Waals surface area contributed by atoms with Gasteiger partial charge in [-0.2, -0.15) is 0 Å². The van der Waals surface area contributed by atoms with Gasteiger partial charge in [0.25, 0.3) is 0 Å². The van der Waals surface area contributed by atoms with Gasteiger partial charge in [0.15, 0.2) is 0 Å². The van der Waals surface area contributed by atoms with Gasteiger partial charge in [-0.25, -0.2) is 0 Å². The van der Waals surface area contributed by atoms with Crippen molar-refractivity contribution in [2.45, 2.75) is 33.7 Å². The van der Waals surface area contributed by atoms with Crippen LogP contribution in [-0.4, -0.2) is 9.55 Å². The van der Waals surface area contributed by atoms with Crippen molar-refractivity contribution in [2.24, 2.45) is 0 Å². The van der Waals surface area contributed by atoms with E-state index in [0.29, 0.717) is 6.04 Å². The maximum atomic E-state index is 4.26. The fourth-order valence-corrected chi connectivity index (χ4v) is 1.79. The average molecular weight is 1490 g/mol. The first-order valence-electron chi connectivity index (χ1n) is 5.01. The zero-order valence-corrected chi connectivity index (χ0v) is 36.6. The van der Waals surface area contributed by atoms with Gasteiger partial charge >= 0.3 is 0 Å². The zero-order chi connectivity index (χ0) is 10.6. The topological polar surface area (TPSA) is 17.8 Å². The molecule has 0 amide bonds. The number of pyridine rings is 1. The number of rotatable bonds is 1. The van der Waals surface area contributed by atoms with Crippen molar-refractivity contribution in [2.75, 3.05) is 0 Å². The third kappa shape index (κ3) is 9.57. The van der Waals surface area contributed by atoms with Crippen LogP contribution in [0.15, 0.2) is 24.0 Å². The maximum absolute atomic E-state index is 4.26. The Bertz CT molecular complexity index is 416. The quantitative estimate of drug-likeness (QED) is 0.396. The van der Waals surface area contributed by atoms with Crippen molar-refractivity contribution in [3.63, 3.8) is 0 Å². The molecule has 2 rings (SSSR count). The number of thiazole rings is 1. The first-order chi connectivity index (χ1) is 6.77. The number of aromatic nitrogens is 2. The van der Waals surface area contributed by atoms with Crippen LogP contribution in [0.5, 0.6) is 0 Å². The molecule has 0 spiro atoms. The van der Waals surface area contributed by atoms with E-state index in [4.69, 9.17) is 0 Å². The normalized spacial score (nSPS) is 7.05. The number of nitrogens with zero attached hydrogens (tertiary/aromatic N) is 2. The largest absolute Gasteiger partial charge is 0.589 e. The molecule has 20 heavy (non-hydrogen) atoms. The molecule has 0 saturated carbocycles. The van der Waals surface area contributed by atoms with Gasteiger partial charge in [0.05, 0.1) is 0 Å². The summed E-state index contributed by atoms with van der Waals surface area (Å²) in [6.07, 6.45) is 4.20.